The molecule has 1 N–H and O–H groups in total. The minimum atomic E-state index is -1.03. The van der Waals surface area contributed by atoms with Crippen LogP contribution in [-0.4, -0.2) is 53.9 Å². The number of amides is 4. The Hall–Kier alpha value is -4.72. The topological polar surface area (TPSA) is 128 Å². The molecule has 1 atom stereocenters. The maximum absolute atomic E-state index is 13.1. The first-order valence-corrected chi connectivity index (χ1v) is 10.9. The lowest BCUT2D eigenvalue weighted by Gasteiger charge is -2.27. The minimum Gasteiger partial charge on any atom is -0.486 e. The molecule has 0 bridgehead atoms. The molecule has 35 heavy (non-hydrogen) atoms. The molecule has 4 heterocycles. The summed E-state index contributed by atoms with van der Waals surface area (Å²) in [4.78, 5) is 55.0. The normalized spacial score (nSPS) is 17.3. The zero-order valence-electron chi connectivity index (χ0n) is 18.5. The molecule has 176 valence electrons. The molecule has 2 aliphatic heterocycles. The number of nitrogens with zero attached hydrogens (tertiary/aromatic N) is 5. The fraction of sp³-hybridized carbons (Fsp3) is 0.250. The standard InChI is InChI=1S/C24H20N6O5/c1-2-15-10-26-29(11-15)9-8-28-12-16(25-14-28)13-35-19-5-3-4-17-21(19)24(34)30(23(17)33)18-6-7-20(31)27-22(18)32/h1,3-5,10-12,14,18H,6-9,13H2,(H,27,31,32). The van der Waals surface area contributed by atoms with E-state index in [1.54, 1.807) is 35.5 Å². The van der Waals surface area contributed by atoms with Crippen molar-refractivity contribution in [3.8, 4) is 18.1 Å². The fourth-order valence-electron chi connectivity index (χ4n) is 4.14. The summed E-state index contributed by atoms with van der Waals surface area (Å²) in [6.45, 7) is 1.30. The van der Waals surface area contributed by atoms with Gasteiger partial charge in [-0.3, -0.25) is 34.1 Å². The number of aromatic nitrogens is 4. The summed E-state index contributed by atoms with van der Waals surface area (Å²) in [5.74, 6) is 0.473. The maximum atomic E-state index is 13.1. The lowest BCUT2D eigenvalue weighted by molar-refractivity contribution is -0.136. The molecule has 2 aromatic heterocycles. The van der Waals surface area contributed by atoms with Crippen LogP contribution in [0.15, 0.2) is 43.1 Å². The average molecular weight is 472 g/mol. The van der Waals surface area contributed by atoms with Crippen LogP contribution in [0.5, 0.6) is 5.75 Å². The summed E-state index contributed by atoms with van der Waals surface area (Å²) >= 11 is 0. The number of aryl methyl sites for hydroxylation is 2. The first-order valence-electron chi connectivity index (χ1n) is 10.9. The van der Waals surface area contributed by atoms with E-state index in [0.717, 1.165) is 4.90 Å². The van der Waals surface area contributed by atoms with Crippen molar-refractivity contribution in [2.75, 3.05) is 0 Å². The fourth-order valence-corrected chi connectivity index (χ4v) is 4.14. The molecule has 4 amide bonds. The van der Waals surface area contributed by atoms with Gasteiger partial charge in [0, 0.05) is 25.4 Å². The quantitative estimate of drug-likeness (QED) is 0.397. The van der Waals surface area contributed by atoms with Crippen LogP contribution < -0.4 is 10.1 Å². The SMILES string of the molecule is C#Cc1cnn(CCn2cnc(COc3cccc4c3C(=O)N(C3CCC(=O)NC3=O)C4=O)c2)c1. The summed E-state index contributed by atoms with van der Waals surface area (Å²) in [6, 6.07) is 3.69. The zero-order valence-corrected chi connectivity index (χ0v) is 18.5. The molecular formula is C24H20N6O5. The van der Waals surface area contributed by atoms with Gasteiger partial charge in [-0.05, 0) is 18.6 Å². The molecule has 0 radical (unpaired) electrons. The van der Waals surface area contributed by atoms with Crippen molar-refractivity contribution in [3.05, 3.63) is 65.5 Å². The summed E-state index contributed by atoms with van der Waals surface area (Å²) in [5, 5.41) is 6.37. The number of terminal acetylenes is 1. The van der Waals surface area contributed by atoms with Crippen LogP contribution in [0.3, 0.4) is 0 Å². The van der Waals surface area contributed by atoms with Gasteiger partial charge in [-0.15, -0.1) is 6.42 Å². The van der Waals surface area contributed by atoms with E-state index >= 15 is 0 Å². The van der Waals surface area contributed by atoms with Crippen molar-refractivity contribution < 1.29 is 23.9 Å². The summed E-state index contributed by atoms with van der Waals surface area (Å²) in [7, 11) is 0. The van der Waals surface area contributed by atoms with E-state index in [2.05, 4.69) is 21.3 Å². The number of fused-ring (bicyclic) bond motifs is 1. The molecule has 0 saturated carbocycles. The van der Waals surface area contributed by atoms with E-state index in [1.807, 2.05) is 10.8 Å². The van der Waals surface area contributed by atoms with Crippen molar-refractivity contribution in [1.82, 2.24) is 29.5 Å². The number of ether oxygens (including phenoxy) is 1. The molecule has 3 aromatic rings. The van der Waals surface area contributed by atoms with Gasteiger partial charge in [0.1, 0.15) is 18.4 Å². The van der Waals surface area contributed by atoms with Gasteiger partial charge in [-0.25, -0.2) is 4.98 Å². The number of hydrogen-bond acceptors (Lipinski definition) is 7. The van der Waals surface area contributed by atoms with Gasteiger partial charge in [0.15, 0.2) is 0 Å². The van der Waals surface area contributed by atoms with Crippen LogP contribution in [0.1, 0.15) is 44.8 Å². The van der Waals surface area contributed by atoms with Gasteiger partial charge in [-0.2, -0.15) is 5.10 Å². The summed E-state index contributed by atoms with van der Waals surface area (Å²) in [6.07, 6.45) is 12.4. The van der Waals surface area contributed by atoms with E-state index in [-0.39, 0.29) is 36.3 Å². The number of piperidine rings is 1. The van der Waals surface area contributed by atoms with E-state index in [0.29, 0.717) is 24.3 Å². The minimum absolute atomic E-state index is 0.0568. The molecule has 1 aromatic carbocycles. The van der Waals surface area contributed by atoms with E-state index in [4.69, 9.17) is 11.2 Å². The first kappa shape index (κ1) is 22.1. The van der Waals surface area contributed by atoms with Crippen LogP contribution in [0.2, 0.25) is 0 Å². The van der Waals surface area contributed by atoms with Crippen molar-refractivity contribution >= 4 is 23.6 Å². The van der Waals surface area contributed by atoms with Gasteiger partial charge in [0.2, 0.25) is 11.8 Å². The van der Waals surface area contributed by atoms with Crippen molar-refractivity contribution in [2.45, 2.75) is 38.6 Å². The first-order chi connectivity index (χ1) is 16.9. The number of hydrogen-bond donors (Lipinski definition) is 1. The van der Waals surface area contributed by atoms with Crippen LogP contribution in [0.25, 0.3) is 0 Å². The summed E-state index contributed by atoms with van der Waals surface area (Å²) in [5.41, 5.74) is 1.61. The van der Waals surface area contributed by atoms with Gasteiger partial charge >= 0.3 is 0 Å². The number of carbonyl (C=O) groups is 4. The Morgan fingerprint density at radius 3 is 2.77 bits per heavy atom. The zero-order chi connectivity index (χ0) is 24.5. The molecule has 1 unspecified atom stereocenters. The van der Waals surface area contributed by atoms with Gasteiger partial charge in [-0.1, -0.05) is 12.0 Å². The largest absolute Gasteiger partial charge is 0.486 e. The number of rotatable bonds is 7. The van der Waals surface area contributed by atoms with Crippen LogP contribution in [-0.2, 0) is 29.3 Å². The van der Waals surface area contributed by atoms with Gasteiger partial charge in [0.05, 0.1) is 41.5 Å². The number of imide groups is 2. The Morgan fingerprint density at radius 2 is 2.00 bits per heavy atom. The monoisotopic (exact) mass is 472 g/mol. The molecule has 0 spiro atoms. The van der Waals surface area contributed by atoms with Gasteiger partial charge < -0.3 is 9.30 Å². The number of nitrogens with one attached hydrogen (secondary N) is 1. The van der Waals surface area contributed by atoms with E-state index < -0.39 is 29.7 Å². The maximum Gasteiger partial charge on any atom is 0.266 e. The molecule has 11 heteroatoms. The molecule has 2 aliphatic rings. The number of imidazole rings is 1. The Labute approximate surface area is 199 Å². The molecular weight excluding hydrogens is 452 g/mol. The highest BCUT2D eigenvalue weighted by Crippen LogP contribution is 2.33. The van der Waals surface area contributed by atoms with Crippen LogP contribution in [0.4, 0.5) is 0 Å². The third kappa shape index (κ3) is 4.17. The second-order valence-corrected chi connectivity index (χ2v) is 8.15. The molecule has 0 aliphatic carbocycles. The molecule has 5 rings (SSSR count). The van der Waals surface area contributed by atoms with Crippen LogP contribution >= 0.6 is 0 Å². The van der Waals surface area contributed by atoms with Crippen LogP contribution in [0, 0.1) is 12.3 Å². The lowest BCUT2D eigenvalue weighted by atomic mass is 10.0. The molecule has 11 nitrogen and oxygen atoms in total. The summed E-state index contributed by atoms with van der Waals surface area (Å²) < 4.78 is 9.48. The smallest absolute Gasteiger partial charge is 0.266 e. The van der Waals surface area contributed by atoms with Gasteiger partial charge in [0.25, 0.3) is 11.8 Å². The Bertz CT molecular complexity index is 1400. The molecule has 1 fully saturated rings. The second kappa shape index (κ2) is 8.90. The third-order valence-corrected chi connectivity index (χ3v) is 5.88. The lowest BCUT2D eigenvalue weighted by Crippen LogP contribution is -2.54. The third-order valence-electron chi connectivity index (χ3n) is 5.88. The highest BCUT2D eigenvalue weighted by atomic mass is 16.5. The average Bonchev–Trinajstić information content (AvgIpc) is 3.56. The van der Waals surface area contributed by atoms with Crippen molar-refractivity contribution in [1.29, 1.82) is 0 Å². The predicted octanol–water partition coefficient (Wildman–Crippen LogP) is 0.741. The Kier molecular flexibility index (Phi) is 5.62. The van der Waals surface area contributed by atoms with Crippen molar-refractivity contribution in [2.24, 2.45) is 0 Å². The number of carbonyl (C=O) groups excluding carboxylic acids is 4. The predicted molar refractivity (Wildman–Crippen MR) is 120 cm³/mol. The Balaban J connectivity index is 1.26. The molecule has 1 saturated heterocycles. The van der Waals surface area contributed by atoms with E-state index in [9.17, 15) is 19.2 Å². The second-order valence-electron chi connectivity index (χ2n) is 8.15. The highest BCUT2D eigenvalue weighted by Gasteiger charge is 2.46. The van der Waals surface area contributed by atoms with E-state index in [1.165, 1.54) is 6.07 Å². The highest BCUT2D eigenvalue weighted by molar-refractivity contribution is 6.24. The Morgan fingerprint density at radius 1 is 1.14 bits per heavy atom. The van der Waals surface area contributed by atoms with Crippen molar-refractivity contribution in [3.63, 3.8) is 0 Å². The number of benzene rings is 1.